The minimum absolute atomic E-state index is 0.198. The van der Waals surface area contributed by atoms with Gasteiger partial charge < -0.3 is 15.6 Å². The molecule has 0 unspecified atom stereocenters. The average Bonchev–Trinajstić information content (AvgIpc) is 2.43. The van der Waals surface area contributed by atoms with Crippen molar-refractivity contribution in [2.24, 2.45) is 0 Å². The lowest BCUT2D eigenvalue weighted by molar-refractivity contribution is 0.00688. The topological polar surface area (TPSA) is 72.5 Å². The van der Waals surface area contributed by atoms with E-state index < -0.39 is 11.6 Å². The first-order valence-electron chi connectivity index (χ1n) is 4.55. The Morgan fingerprint density at radius 2 is 2.20 bits per heavy atom. The van der Waals surface area contributed by atoms with Gasteiger partial charge in [-0.25, -0.2) is 4.79 Å². The smallest absolute Gasteiger partial charge is 0.341 e. The number of carbonyl (C=O) groups is 1. The first kappa shape index (κ1) is 12.0. The van der Waals surface area contributed by atoms with Crippen LogP contribution in [0.25, 0.3) is 0 Å². The van der Waals surface area contributed by atoms with Crippen LogP contribution in [0.2, 0.25) is 0 Å². The number of nitrogens with two attached hydrogens (primary N) is 1. The SMILES string of the molecule is CC(C)(C)OC(=O)c1c(N)csc1CO. The van der Waals surface area contributed by atoms with Crippen molar-refractivity contribution in [2.75, 3.05) is 5.73 Å². The van der Waals surface area contributed by atoms with Gasteiger partial charge in [0.2, 0.25) is 0 Å². The number of hydrogen-bond acceptors (Lipinski definition) is 5. The number of esters is 1. The normalized spacial score (nSPS) is 11.5. The van der Waals surface area contributed by atoms with E-state index in [2.05, 4.69) is 0 Å². The number of aliphatic hydroxyl groups is 1. The molecule has 0 aromatic carbocycles. The highest BCUT2D eigenvalue weighted by Gasteiger charge is 2.23. The summed E-state index contributed by atoms with van der Waals surface area (Å²) >= 11 is 1.25. The molecule has 0 atom stereocenters. The molecule has 0 aliphatic heterocycles. The van der Waals surface area contributed by atoms with E-state index >= 15 is 0 Å². The summed E-state index contributed by atoms with van der Waals surface area (Å²) in [4.78, 5) is 12.3. The van der Waals surface area contributed by atoms with Gasteiger partial charge in [0.15, 0.2) is 0 Å². The number of ether oxygens (including phenoxy) is 1. The first-order valence-corrected chi connectivity index (χ1v) is 5.43. The average molecular weight is 229 g/mol. The molecule has 15 heavy (non-hydrogen) atoms. The molecule has 1 aromatic rings. The molecule has 0 saturated carbocycles. The monoisotopic (exact) mass is 229 g/mol. The van der Waals surface area contributed by atoms with Crippen LogP contribution in [-0.2, 0) is 11.3 Å². The van der Waals surface area contributed by atoms with E-state index in [1.807, 2.05) is 0 Å². The van der Waals surface area contributed by atoms with Crippen LogP contribution in [-0.4, -0.2) is 16.7 Å². The molecule has 4 nitrogen and oxygen atoms in total. The number of nitrogen functional groups attached to an aromatic ring is 1. The van der Waals surface area contributed by atoms with E-state index in [4.69, 9.17) is 15.6 Å². The van der Waals surface area contributed by atoms with Crippen molar-refractivity contribution in [3.8, 4) is 0 Å². The second-order valence-electron chi connectivity index (χ2n) is 4.15. The van der Waals surface area contributed by atoms with Gasteiger partial charge in [-0.1, -0.05) is 0 Å². The zero-order valence-corrected chi connectivity index (χ0v) is 9.85. The molecule has 0 aliphatic carbocycles. The summed E-state index contributed by atoms with van der Waals surface area (Å²) in [5.74, 6) is -0.481. The molecule has 0 bridgehead atoms. The Morgan fingerprint density at radius 1 is 1.60 bits per heavy atom. The van der Waals surface area contributed by atoms with Gasteiger partial charge in [-0.05, 0) is 20.8 Å². The predicted octanol–water partition coefficient (Wildman–Crippen LogP) is 1.78. The van der Waals surface area contributed by atoms with Crippen LogP contribution in [0.3, 0.4) is 0 Å². The van der Waals surface area contributed by atoms with Gasteiger partial charge in [-0.15, -0.1) is 11.3 Å². The van der Waals surface area contributed by atoms with Gasteiger partial charge in [-0.2, -0.15) is 0 Å². The van der Waals surface area contributed by atoms with Gasteiger partial charge in [0.25, 0.3) is 0 Å². The molecule has 1 heterocycles. The molecule has 0 saturated heterocycles. The molecule has 3 N–H and O–H groups in total. The van der Waals surface area contributed by atoms with Crippen molar-refractivity contribution < 1.29 is 14.6 Å². The minimum Gasteiger partial charge on any atom is -0.456 e. The van der Waals surface area contributed by atoms with E-state index in [0.717, 1.165) is 0 Å². The van der Waals surface area contributed by atoms with Crippen LogP contribution in [0.15, 0.2) is 5.38 Å². The molecule has 0 amide bonds. The maximum Gasteiger partial charge on any atom is 0.341 e. The van der Waals surface area contributed by atoms with Crippen LogP contribution < -0.4 is 5.73 Å². The fourth-order valence-electron chi connectivity index (χ4n) is 1.09. The van der Waals surface area contributed by atoms with Crippen molar-refractivity contribution >= 4 is 23.0 Å². The largest absolute Gasteiger partial charge is 0.456 e. The molecule has 0 spiro atoms. The molecular formula is C10H15NO3S. The minimum atomic E-state index is -0.557. The lowest BCUT2D eigenvalue weighted by Gasteiger charge is -2.19. The second-order valence-corrected chi connectivity index (χ2v) is 5.11. The van der Waals surface area contributed by atoms with Gasteiger partial charge in [0.05, 0.1) is 17.9 Å². The Balaban J connectivity index is 2.95. The standard InChI is InChI=1S/C10H15NO3S/c1-10(2,3)14-9(13)8-6(11)5-15-7(8)4-12/h5,12H,4,11H2,1-3H3. The maximum absolute atomic E-state index is 11.7. The quantitative estimate of drug-likeness (QED) is 0.758. The number of thiophene rings is 1. The predicted molar refractivity (Wildman–Crippen MR) is 59.8 cm³/mol. The third-order valence-electron chi connectivity index (χ3n) is 1.64. The van der Waals surface area contributed by atoms with Crippen LogP contribution in [0.5, 0.6) is 0 Å². The van der Waals surface area contributed by atoms with Crippen molar-refractivity contribution in [3.63, 3.8) is 0 Å². The fourth-order valence-corrected chi connectivity index (χ4v) is 1.87. The van der Waals surface area contributed by atoms with Crippen molar-refractivity contribution in [1.82, 2.24) is 0 Å². The molecular weight excluding hydrogens is 214 g/mol. The Morgan fingerprint density at radius 3 is 2.67 bits per heavy atom. The highest BCUT2D eigenvalue weighted by molar-refractivity contribution is 7.10. The summed E-state index contributed by atoms with van der Waals surface area (Å²) in [7, 11) is 0. The highest BCUT2D eigenvalue weighted by Crippen LogP contribution is 2.27. The Kier molecular flexibility index (Phi) is 3.36. The molecule has 1 rings (SSSR count). The summed E-state index contributed by atoms with van der Waals surface area (Å²) in [5.41, 5.74) is 5.73. The number of aliphatic hydroxyl groups excluding tert-OH is 1. The number of rotatable bonds is 2. The lowest BCUT2D eigenvalue weighted by Crippen LogP contribution is -2.24. The van der Waals surface area contributed by atoms with E-state index in [0.29, 0.717) is 10.6 Å². The van der Waals surface area contributed by atoms with Crippen LogP contribution in [0.1, 0.15) is 36.0 Å². The van der Waals surface area contributed by atoms with E-state index in [1.165, 1.54) is 11.3 Å². The summed E-state index contributed by atoms with van der Waals surface area (Å²) in [6, 6.07) is 0. The van der Waals surface area contributed by atoms with E-state index in [9.17, 15) is 4.79 Å². The highest BCUT2D eigenvalue weighted by atomic mass is 32.1. The summed E-state index contributed by atoms with van der Waals surface area (Å²) in [5, 5.41) is 10.7. The summed E-state index contributed by atoms with van der Waals surface area (Å²) in [6.07, 6.45) is 0. The van der Waals surface area contributed by atoms with E-state index in [1.54, 1.807) is 26.2 Å². The Labute approximate surface area is 92.7 Å². The van der Waals surface area contributed by atoms with Crippen LogP contribution >= 0.6 is 11.3 Å². The van der Waals surface area contributed by atoms with Gasteiger partial charge >= 0.3 is 5.97 Å². The zero-order valence-electron chi connectivity index (χ0n) is 9.03. The number of hydrogen-bond donors (Lipinski definition) is 2. The zero-order chi connectivity index (χ0) is 11.6. The van der Waals surface area contributed by atoms with Crippen LogP contribution in [0.4, 0.5) is 5.69 Å². The number of carbonyl (C=O) groups excluding carboxylic acids is 1. The van der Waals surface area contributed by atoms with Gasteiger partial charge in [-0.3, -0.25) is 0 Å². The summed E-state index contributed by atoms with van der Waals surface area (Å²) < 4.78 is 5.18. The lowest BCUT2D eigenvalue weighted by atomic mass is 10.1. The molecule has 0 radical (unpaired) electrons. The molecule has 84 valence electrons. The molecule has 0 fully saturated rings. The van der Waals surface area contributed by atoms with Gasteiger partial charge in [0.1, 0.15) is 5.60 Å². The second kappa shape index (κ2) is 4.20. The van der Waals surface area contributed by atoms with E-state index in [-0.39, 0.29) is 12.2 Å². The third-order valence-corrected chi connectivity index (χ3v) is 2.63. The molecule has 1 aromatic heterocycles. The summed E-state index contributed by atoms with van der Waals surface area (Å²) in [6.45, 7) is 5.15. The van der Waals surface area contributed by atoms with Gasteiger partial charge in [0, 0.05) is 10.3 Å². The van der Waals surface area contributed by atoms with Crippen molar-refractivity contribution in [2.45, 2.75) is 33.0 Å². The Bertz CT molecular complexity index is 365. The molecule has 0 aliphatic rings. The van der Waals surface area contributed by atoms with Crippen molar-refractivity contribution in [3.05, 3.63) is 15.8 Å². The third kappa shape index (κ3) is 2.94. The molecule has 5 heteroatoms. The van der Waals surface area contributed by atoms with Crippen molar-refractivity contribution in [1.29, 1.82) is 0 Å². The van der Waals surface area contributed by atoms with Crippen LogP contribution in [0, 0.1) is 0 Å². The first-order chi connectivity index (χ1) is 6.85. The number of anilines is 1. The fraction of sp³-hybridized carbons (Fsp3) is 0.500. The Hall–Kier alpha value is -1.07. The maximum atomic E-state index is 11.7.